The van der Waals surface area contributed by atoms with Crippen LogP contribution in [0, 0.1) is 0 Å². The van der Waals surface area contributed by atoms with Gasteiger partial charge in [-0.1, -0.05) is 34.1 Å². The summed E-state index contributed by atoms with van der Waals surface area (Å²) in [5.74, 6) is -0.538. The third kappa shape index (κ3) is 8.12. The third-order valence-electron chi connectivity index (χ3n) is 4.69. The van der Waals surface area contributed by atoms with Crippen LogP contribution in [0.25, 0.3) is 0 Å². The van der Waals surface area contributed by atoms with Gasteiger partial charge in [-0.15, -0.1) is 0 Å². The van der Waals surface area contributed by atoms with E-state index in [1.165, 1.54) is 19.4 Å². The number of ether oxygens (including phenoxy) is 2. The van der Waals surface area contributed by atoms with Crippen molar-refractivity contribution in [3.8, 4) is 11.5 Å². The quantitative estimate of drug-likeness (QED) is 0.203. The highest BCUT2D eigenvalue weighted by atomic mass is 79.9. The Morgan fingerprint density at radius 1 is 1.00 bits per heavy atom. The molecule has 0 fully saturated rings. The van der Waals surface area contributed by atoms with Crippen molar-refractivity contribution in [2.24, 2.45) is 5.10 Å². The first-order valence-electron chi connectivity index (χ1n) is 10.5. The standard InChI is InChI=1S/C25H21BrF3N3O4/c1-35-22-11-17(7-10-21(22)36-15-16-5-8-19(26)9-6-16)14-30-32-24(34)13-23(33)31-20-4-2-3-18(12-20)25(27,28)29/h2-12,14H,13,15H2,1H3,(H,31,33)(H,32,34)/b30-14+. The van der Waals surface area contributed by atoms with E-state index in [1.807, 2.05) is 24.3 Å². The van der Waals surface area contributed by atoms with Gasteiger partial charge in [0.2, 0.25) is 11.8 Å². The van der Waals surface area contributed by atoms with Gasteiger partial charge < -0.3 is 14.8 Å². The molecule has 36 heavy (non-hydrogen) atoms. The van der Waals surface area contributed by atoms with Gasteiger partial charge in [-0.05, 0) is 59.7 Å². The summed E-state index contributed by atoms with van der Waals surface area (Å²) in [6, 6.07) is 16.9. The molecule has 0 bridgehead atoms. The Hall–Kier alpha value is -3.86. The number of halogens is 4. The van der Waals surface area contributed by atoms with Crippen molar-refractivity contribution >= 4 is 39.6 Å². The molecule has 2 amide bonds. The molecule has 0 saturated heterocycles. The molecular formula is C25H21BrF3N3O4. The Bertz CT molecular complexity index is 1250. The lowest BCUT2D eigenvalue weighted by molar-refractivity contribution is -0.137. The molecule has 188 valence electrons. The molecule has 0 saturated carbocycles. The maximum absolute atomic E-state index is 12.8. The number of hydrogen-bond acceptors (Lipinski definition) is 5. The minimum atomic E-state index is -4.54. The smallest absolute Gasteiger partial charge is 0.416 e. The van der Waals surface area contributed by atoms with Crippen molar-refractivity contribution in [1.82, 2.24) is 5.43 Å². The van der Waals surface area contributed by atoms with Crippen molar-refractivity contribution in [1.29, 1.82) is 0 Å². The number of hydrazone groups is 1. The molecule has 0 spiro atoms. The molecule has 3 aromatic rings. The van der Waals surface area contributed by atoms with Gasteiger partial charge in [0.1, 0.15) is 13.0 Å². The highest BCUT2D eigenvalue weighted by Crippen LogP contribution is 2.31. The van der Waals surface area contributed by atoms with Gasteiger partial charge in [0.05, 0.1) is 18.9 Å². The lowest BCUT2D eigenvalue weighted by atomic mass is 10.2. The summed E-state index contributed by atoms with van der Waals surface area (Å²) in [6.07, 6.45) is -3.82. The Morgan fingerprint density at radius 3 is 2.44 bits per heavy atom. The number of carbonyl (C=O) groups is 2. The van der Waals surface area contributed by atoms with Crippen LogP contribution in [0.15, 0.2) is 76.3 Å². The number of methoxy groups -OCH3 is 1. The first kappa shape index (κ1) is 26.7. The topological polar surface area (TPSA) is 89.0 Å². The van der Waals surface area contributed by atoms with Gasteiger partial charge in [-0.25, -0.2) is 5.43 Å². The van der Waals surface area contributed by atoms with E-state index in [9.17, 15) is 22.8 Å². The highest BCUT2D eigenvalue weighted by molar-refractivity contribution is 9.10. The van der Waals surface area contributed by atoms with Crippen molar-refractivity contribution in [2.45, 2.75) is 19.2 Å². The van der Waals surface area contributed by atoms with Gasteiger partial charge in [0.25, 0.3) is 0 Å². The van der Waals surface area contributed by atoms with Crippen LogP contribution in [0.4, 0.5) is 18.9 Å². The molecule has 0 aliphatic heterocycles. The monoisotopic (exact) mass is 563 g/mol. The number of nitrogens with one attached hydrogen (secondary N) is 2. The second-order valence-electron chi connectivity index (χ2n) is 7.42. The van der Waals surface area contributed by atoms with Gasteiger partial charge in [0, 0.05) is 10.2 Å². The Balaban J connectivity index is 1.51. The van der Waals surface area contributed by atoms with E-state index in [1.54, 1.807) is 18.2 Å². The second kappa shape index (κ2) is 12.2. The van der Waals surface area contributed by atoms with Gasteiger partial charge in [-0.3, -0.25) is 9.59 Å². The van der Waals surface area contributed by atoms with E-state index >= 15 is 0 Å². The van der Waals surface area contributed by atoms with Gasteiger partial charge >= 0.3 is 6.18 Å². The van der Waals surface area contributed by atoms with Crippen molar-refractivity contribution in [3.05, 3.63) is 87.9 Å². The molecule has 0 aromatic heterocycles. The number of rotatable bonds is 9. The predicted molar refractivity (Wildman–Crippen MR) is 132 cm³/mol. The van der Waals surface area contributed by atoms with Crippen LogP contribution in [0.3, 0.4) is 0 Å². The molecule has 0 unspecified atom stereocenters. The first-order chi connectivity index (χ1) is 17.1. The summed E-state index contributed by atoms with van der Waals surface area (Å²) in [5.41, 5.74) is 2.80. The van der Waals surface area contributed by atoms with E-state index in [2.05, 4.69) is 31.8 Å². The molecule has 0 aliphatic rings. The lowest BCUT2D eigenvalue weighted by Crippen LogP contribution is -2.24. The van der Waals surface area contributed by atoms with Crippen LogP contribution in [-0.2, 0) is 22.4 Å². The molecule has 0 atom stereocenters. The summed E-state index contributed by atoms with van der Waals surface area (Å²) >= 11 is 3.38. The van der Waals surface area contributed by atoms with Crippen molar-refractivity contribution in [3.63, 3.8) is 0 Å². The second-order valence-corrected chi connectivity index (χ2v) is 8.34. The maximum atomic E-state index is 12.8. The average Bonchev–Trinajstić information content (AvgIpc) is 2.83. The van der Waals surface area contributed by atoms with E-state index in [-0.39, 0.29) is 5.69 Å². The van der Waals surface area contributed by atoms with Gasteiger partial charge in [0.15, 0.2) is 11.5 Å². The summed E-state index contributed by atoms with van der Waals surface area (Å²) in [4.78, 5) is 23.9. The first-order valence-corrected chi connectivity index (χ1v) is 11.3. The van der Waals surface area contributed by atoms with Crippen LogP contribution in [0.1, 0.15) is 23.1 Å². The van der Waals surface area contributed by atoms with Crippen LogP contribution in [0.2, 0.25) is 0 Å². The number of alkyl halides is 3. The van der Waals surface area contributed by atoms with Crippen LogP contribution in [0.5, 0.6) is 11.5 Å². The molecule has 2 N–H and O–H groups in total. The summed E-state index contributed by atoms with van der Waals surface area (Å²) in [7, 11) is 1.49. The minimum Gasteiger partial charge on any atom is -0.493 e. The number of nitrogens with zero attached hydrogens (tertiary/aromatic N) is 1. The molecule has 3 aromatic carbocycles. The number of hydrogen-bond donors (Lipinski definition) is 2. The van der Waals surface area contributed by atoms with Gasteiger partial charge in [-0.2, -0.15) is 18.3 Å². The number of anilines is 1. The zero-order valence-corrected chi connectivity index (χ0v) is 20.5. The predicted octanol–water partition coefficient (Wildman–Crippen LogP) is 5.53. The lowest BCUT2D eigenvalue weighted by Gasteiger charge is -2.11. The number of benzene rings is 3. The van der Waals surface area contributed by atoms with Crippen LogP contribution in [-0.4, -0.2) is 25.1 Å². The number of amides is 2. The van der Waals surface area contributed by atoms with Crippen molar-refractivity contribution < 1.29 is 32.2 Å². The van der Waals surface area contributed by atoms with E-state index in [0.717, 1.165) is 28.2 Å². The molecule has 7 nitrogen and oxygen atoms in total. The molecule has 0 aliphatic carbocycles. The minimum absolute atomic E-state index is 0.0688. The fraction of sp³-hybridized carbons (Fsp3) is 0.160. The zero-order valence-electron chi connectivity index (χ0n) is 18.9. The molecule has 11 heteroatoms. The molecule has 3 rings (SSSR count). The van der Waals surface area contributed by atoms with Crippen LogP contribution >= 0.6 is 15.9 Å². The fourth-order valence-corrected chi connectivity index (χ4v) is 3.23. The molecule has 0 radical (unpaired) electrons. The SMILES string of the molecule is COc1cc(/C=N/NC(=O)CC(=O)Nc2cccc(C(F)(F)F)c2)ccc1OCc1ccc(Br)cc1. The third-order valence-corrected chi connectivity index (χ3v) is 5.22. The fourth-order valence-electron chi connectivity index (χ4n) is 2.97. The molecular weight excluding hydrogens is 543 g/mol. The van der Waals surface area contributed by atoms with E-state index < -0.39 is 30.0 Å². The summed E-state index contributed by atoms with van der Waals surface area (Å²) in [6.45, 7) is 0.343. The zero-order chi connectivity index (χ0) is 26.1. The maximum Gasteiger partial charge on any atom is 0.416 e. The largest absolute Gasteiger partial charge is 0.493 e. The van der Waals surface area contributed by atoms with Crippen LogP contribution < -0.4 is 20.2 Å². The normalized spacial score (nSPS) is 11.2. The van der Waals surface area contributed by atoms with Crippen molar-refractivity contribution in [2.75, 3.05) is 12.4 Å². The summed E-state index contributed by atoms with van der Waals surface area (Å²) < 4.78 is 50.5. The Morgan fingerprint density at radius 2 is 1.75 bits per heavy atom. The summed E-state index contributed by atoms with van der Waals surface area (Å²) in [5, 5.41) is 6.06. The number of carbonyl (C=O) groups excluding carboxylic acids is 2. The van der Waals surface area contributed by atoms with E-state index in [4.69, 9.17) is 9.47 Å². The average molecular weight is 564 g/mol. The Kier molecular flexibility index (Phi) is 9.07. The van der Waals surface area contributed by atoms with E-state index in [0.29, 0.717) is 23.7 Å². The molecule has 0 heterocycles. The highest BCUT2D eigenvalue weighted by Gasteiger charge is 2.30. The Labute approximate surface area is 213 Å².